The van der Waals surface area contributed by atoms with Crippen molar-refractivity contribution >= 4 is 29.1 Å². The van der Waals surface area contributed by atoms with Gasteiger partial charge in [-0.15, -0.1) is 0 Å². The molecule has 1 aromatic heterocycles. The smallest absolute Gasteiger partial charge is 0.0895 e. The van der Waals surface area contributed by atoms with Crippen molar-refractivity contribution < 1.29 is 4.74 Å². The van der Waals surface area contributed by atoms with Crippen LogP contribution in [0.15, 0.2) is 21.3 Å². The Morgan fingerprint density at radius 3 is 2.61 bits per heavy atom. The summed E-state index contributed by atoms with van der Waals surface area (Å²) in [6, 6.07) is 0.382. The van der Waals surface area contributed by atoms with Crippen molar-refractivity contribution in [1.82, 2.24) is 4.98 Å². The number of halogens is 1. The summed E-state index contributed by atoms with van der Waals surface area (Å²) >= 11 is 6.89. The summed E-state index contributed by atoms with van der Waals surface area (Å²) in [4.78, 5) is 6.09. The molecule has 0 unspecified atom stereocenters. The first-order chi connectivity index (χ1) is 13.5. The third kappa shape index (κ3) is 3.67. The predicted octanol–water partition coefficient (Wildman–Crippen LogP) is 4.20. The van der Waals surface area contributed by atoms with E-state index in [4.69, 9.17) is 16.3 Å². The molecule has 1 fully saturated rings. The molecule has 0 amide bonds. The van der Waals surface area contributed by atoms with E-state index >= 15 is 0 Å². The molecule has 5 nitrogen and oxygen atoms in total. The van der Waals surface area contributed by atoms with Crippen molar-refractivity contribution in [3.8, 4) is 0 Å². The molecule has 0 atom stereocenters. The van der Waals surface area contributed by atoms with Gasteiger partial charge in [-0.1, -0.05) is 11.6 Å². The van der Waals surface area contributed by atoms with Crippen molar-refractivity contribution in [3.05, 3.63) is 27.4 Å². The molecule has 3 heterocycles. The van der Waals surface area contributed by atoms with Crippen molar-refractivity contribution in [1.29, 1.82) is 0 Å². The second-order valence-corrected chi connectivity index (χ2v) is 9.06. The number of hydrogen-bond donors (Lipinski definition) is 1. The number of H-pyrrole nitrogens is 1. The summed E-state index contributed by atoms with van der Waals surface area (Å²) in [5.41, 5.74) is 3.78. The largest absolute Gasteiger partial charge is 0.376 e. The van der Waals surface area contributed by atoms with E-state index in [1.54, 1.807) is 0 Å². The summed E-state index contributed by atoms with van der Waals surface area (Å²) < 4.78 is 6.06. The Labute approximate surface area is 172 Å². The van der Waals surface area contributed by atoms with Gasteiger partial charge in [0.05, 0.1) is 41.3 Å². The first-order valence-corrected chi connectivity index (χ1v) is 10.9. The molecule has 0 saturated heterocycles. The minimum Gasteiger partial charge on any atom is -0.376 e. The maximum atomic E-state index is 6.89. The van der Waals surface area contributed by atoms with E-state index in [2.05, 4.69) is 53.9 Å². The van der Waals surface area contributed by atoms with Crippen LogP contribution in [0, 0.1) is 5.92 Å². The van der Waals surface area contributed by atoms with E-state index in [-0.39, 0.29) is 0 Å². The molecule has 3 aliphatic rings. The summed E-state index contributed by atoms with van der Waals surface area (Å²) in [7, 11) is 0. The molecule has 0 bridgehead atoms. The molecule has 1 N–H and O–H groups in total. The molecule has 1 saturated carbocycles. The van der Waals surface area contributed by atoms with Crippen LogP contribution in [0.5, 0.6) is 0 Å². The zero-order valence-corrected chi connectivity index (χ0v) is 18.1. The van der Waals surface area contributed by atoms with Crippen LogP contribution in [0.4, 0.5) is 5.69 Å². The molecule has 6 heteroatoms. The number of anilines is 1. The highest BCUT2D eigenvalue weighted by atomic mass is 35.5. The number of ether oxygens (including phenoxy) is 1. The fourth-order valence-corrected chi connectivity index (χ4v) is 5.10. The molecule has 0 spiro atoms. The van der Waals surface area contributed by atoms with Crippen molar-refractivity contribution in [2.75, 3.05) is 11.4 Å². The highest BCUT2D eigenvalue weighted by Gasteiger charge is 2.31. The maximum Gasteiger partial charge on any atom is 0.0895 e. The Kier molecular flexibility index (Phi) is 5.66. The zero-order valence-electron chi connectivity index (χ0n) is 17.3. The molecular formula is C22H31ClN4O. The van der Waals surface area contributed by atoms with Gasteiger partial charge in [0, 0.05) is 23.2 Å². The van der Waals surface area contributed by atoms with Gasteiger partial charge in [-0.05, 0) is 70.9 Å². The topological polar surface area (TPSA) is 53.0 Å². The second-order valence-electron chi connectivity index (χ2n) is 8.66. The highest BCUT2D eigenvalue weighted by Crippen LogP contribution is 2.38. The Bertz CT molecular complexity index is 904. The molecule has 152 valence electrons. The van der Waals surface area contributed by atoms with Gasteiger partial charge in [0.25, 0.3) is 0 Å². The van der Waals surface area contributed by atoms with Gasteiger partial charge >= 0.3 is 0 Å². The van der Waals surface area contributed by atoms with Gasteiger partial charge in [-0.25, -0.2) is 0 Å². The van der Waals surface area contributed by atoms with Crippen molar-refractivity contribution in [2.45, 2.75) is 78.2 Å². The molecule has 1 aromatic rings. The van der Waals surface area contributed by atoms with Gasteiger partial charge in [-0.2, -0.15) is 10.2 Å². The van der Waals surface area contributed by atoms with Gasteiger partial charge in [0.15, 0.2) is 0 Å². The lowest BCUT2D eigenvalue weighted by Crippen LogP contribution is -2.35. The fourth-order valence-electron chi connectivity index (χ4n) is 4.78. The number of aromatic nitrogens is 1. The third-order valence-corrected chi connectivity index (χ3v) is 6.41. The number of fused-ring (bicyclic) bond motifs is 3. The highest BCUT2D eigenvalue weighted by molar-refractivity contribution is 6.36. The van der Waals surface area contributed by atoms with E-state index < -0.39 is 0 Å². The molecule has 0 radical (unpaired) electrons. The monoisotopic (exact) mass is 402 g/mol. The average molecular weight is 403 g/mol. The first kappa shape index (κ1) is 19.7. The zero-order chi connectivity index (χ0) is 19.8. The van der Waals surface area contributed by atoms with Crippen LogP contribution in [0.25, 0.3) is 11.8 Å². The van der Waals surface area contributed by atoms with E-state index in [0.717, 1.165) is 42.6 Å². The van der Waals surface area contributed by atoms with Crippen LogP contribution in [-0.2, 0) is 11.3 Å². The van der Waals surface area contributed by atoms with Crippen LogP contribution in [0.2, 0.25) is 0 Å². The molecule has 2 aliphatic heterocycles. The summed E-state index contributed by atoms with van der Waals surface area (Å²) in [6.45, 7) is 10.2. The van der Waals surface area contributed by atoms with Crippen LogP contribution in [0.1, 0.15) is 58.9 Å². The number of rotatable bonds is 4. The maximum absolute atomic E-state index is 6.89. The lowest BCUT2D eigenvalue weighted by atomic mass is 9.81. The van der Waals surface area contributed by atoms with Crippen LogP contribution in [-0.4, -0.2) is 29.8 Å². The second kappa shape index (κ2) is 8.03. The van der Waals surface area contributed by atoms with Crippen molar-refractivity contribution in [3.63, 3.8) is 0 Å². The molecular weight excluding hydrogens is 372 g/mol. The first-order valence-electron chi connectivity index (χ1n) is 10.6. The number of allylic oxidation sites excluding steroid dienone is 1. The van der Waals surface area contributed by atoms with E-state index in [9.17, 15) is 0 Å². The van der Waals surface area contributed by atoms with E-state index in [1.165, 1.54) is 22.2 Å². The van der Waals surface area contributed by atoms with Gasteiger partial charge in [0.1, 0.15) is 0 Å². The Morgan fingerprint density at radius 1 is 1.18 bits per heavy atom. The van der Waals surface area contributed by atoms with E-state index in [0.29, 0.717) is 30.7 Å². The minimum absolute atomic E-state index is 0.292. The number of aromatic amines is 1. The SMILES string of the molecule is CC(C)OC1CCC(C2=c3[nH]c4c(c3N(C(C)C)CC=C2Cl)CN=NC=4)CC1. The minimum atomic E-state index is 0.292. The number of nitrogens with one attached hydrogen (secondary N) is 1. The van der Waals surface area contributed by atoms with Crippen LogP contribution in [0.3, 0.4) is 0 Å². The fraction of sp³-hybridized carbons (Fsp3) is 0.636. The van der Waals surface area contributed by atoms with Gasteiger partial charge in [-0.3, -0.25) is 0 Å². The molecule has 4 rings (SSSR count). The predicted molar refractivity (Wildman–Crippen MR) is 115 cm³/mol. The van der Waals surface area contributed by atoms with Crippen LogP contribution >= 0.6 is 11.6 Å². The summed E-state index contributed by atoms with van der Waals surface area (Å²) in [5.74, 6) is 0.454. The standard InChI is InChI=1S/C22H31ClN4O/c1-13(2)27-10-9-18(23)20(15-5-7-16(8-6-15)28-14(3)4)21-22(27)17-11-24-25-12-19(17)26-21/h9,12-16,26H,5-8,10-11H2,1-4H3. The normalized spacial score (nSPS) is 24.8. The summed E-state index contributed by atoms with van der Waals surface area (Å²) in [5, 5.41) is 11.5. The van der Waals surface area contributed by atoms with Crippen LogP contribution < -0.4 is 15.6 Å². The number of hydrogen-bond acceptors (Lipinski definition) is 4. The lowest BCUT2D eigenvalue weighted by Gasteiger charge is -2.31. The lowest BCUT2D eigenvalue weighted by molar-refractivity contribution is -0.0159. The van der Waals surface area contributed by atoms with Gasteiger partial charge < -0.3 is 14.6 Å². The van der Waals surface area contributed by atoms with Gasteiger partial charge in [0.2, 0.25) is 0 Å². The van der Waals surface area contributed by atoms with Crippen molar-refractivity contribution in [2.24, 2.45) is 16.1 Å². The Hall–Kier alpha value is -1.59. The quantitative estimate of drug-likeness (QED) is 0.820. The van der Waals surface area contributed by atoms with E-state index in [1.807, 2.05) is 6.20 Å². The molecule has 1 aliphatic carbocycles. The molecule has 0 aromatic carbocycles. The number of azo groups is 1. The summed E-state index contributed by atoms with van der Waals surface area (Å²) in [6.07, 6.45) is 9.10. The molecule has 28 heavy (non-hydrogen) atoms. The number of nitrogens with zero attached hydrogens (tertiary/aromatic N) is 3. The Morgan fingerprint density at radius 2 is 1.93 bits per heavy atom. The Balaban J connectivity index is 1.78. The average Bonchev–Trinajstić information content (AvgIpc) is 2.95. The third-order valence-electron chi connectivity index (χ3n) is 6.06.